The number of carbonyl (C=O) groups is 1. The second kappa shape index (κ2) is 9.23. The Balaban J connectivity index is 1.60. The molecule has 0 amide bonds. The molecule has 0 spiro atoms. The quantitative estimate of drug-likeness (QED) is 0.531. The summed E-state index contributed by atoms with van der Waals surface area (Å²) >= 11 is 1.50. The van der Waals surface area contributed by atoms with Crippen molar-refractivity contribution in [3.05, 3.63) is 59.1 Å². The summed E-state index contributed by atoms with van der Waals surface area (Å²) in [6.45, 7) is 0.123. The molecule has 28 heavy (non-hydrogen) atoms. The third kappa shape index (κ3) is 4.80. The number of rotatable bonds is 8. The van der Waals surface area contributed by atoms with Gasteiger partial charge in [-0.25, -0.2) is 4.98 Å². The average Bonchev–Trinajstić information content (AvgIpc) is 3.21. The summed E-state index contributed by atoms with van der Waals surface area (Å²) in [4.78, 5) is 16.8. The number of ether oxygens (including phenoxy) is 4. The minimum absolute atomic E-state index is 0.111. The van der Waals surface area contributed by atoms with Crippen LogP contribution >= 0.6 is 11.3 Å². The summed E-state index contributed by atoms with van der Waals surface area (Å²) < 4.78 is 21.1. The van der Waals surface area contributed by atoms with Gasteiger partial charge in [-0.3, -0.25) is 4.79 Å². The van der Waals surface area contributed by atoms with Gasteiger partial charge in [0, 0.05) is 22.6 Å². The van der Waals surface area contributed by atoms with E-state index < -0.39 is 0 Å². The van der Waals surface area contributed by atoms with Crippen LogP contribution in [0.25, 0.3) is 10.6 Å². The van der Waals surface area contributed by atoms with Crippen LogP contribution in [0, 0.1) is 0 Å². The molecule has 7 heteroatoms. The van der Waals surface area contributed by atoms with Crippen LogP contribution in [-0.4, -0.2) is 32.3 Å². The van der Waals surface area contributed by atoms with E-state index in [9.17, 15) is 4.79 Å². The first-order chi connectivity index (χ1) is 13.6. The fourth-order valence-electron chi connectivity index (χ4n) is 2.62. The van der Waals surface area contributed by atoms with E-state index >= 15 is 0 Å². The van der Waals surface area contributed by atoms with Crippen LogP contribution in [0.1, 0.15) is 11.3 Å². The zero-order chi connectivity index (χ0) is 19.9. The molecule has 1 aromatic heterocycles. The standard InChI is InChI=1S/C21H21NO5S/c1-24-17-6-4-5-15(9-17)21-22-16(13-28-21)12-27-20(23)10-14-7-8-18(25-2)11-19(14)26-3/h4-9,11,13H,10,12H2,1-3H3. The summed E-state index contributed by atoms with van der Waals surface area (Å²) in [5.74, 6) is 1.68. The van der Waals surface area contributed by atoms with Gasteiger partial charge in [0.2, 0.25) is 0 Å². The number of hydrogen-bond donors (Lipinski definition) is 0. The van der Waals surface area contributed by atoms with E-state index in [1.165, 1.54) is 11.3 Å². The Labute approximate surface area is 167 Å². The van der Waals surface area contributed by atoms with Gasteiger partial charge in [-0.2, -0.15) is 0 Å². The molecule has 0 aliphatic heterocycles. The maximum atomic E-state index is 12.2. The van der Waals surface area contributed by atoms with Crippen molar-refractivity contribution in [3.8, 4) is 27.8 Å². The van der Waals surface area contributed by atoms with E-state index in [1.807, 2.05) is 29.6 Å². The minimum atomic E-state index is -0.348. The van der Waals surface area contributed by atoms with Crippen molar-refractivity contribution in [2.24, 2.45) is 0 Å². The molecule has 0 unspecified atom stereocenters. The number of esters is 1. The number of benzene rings is 2. The van der Waals surface area contributed by atoms with Crippen LogP contribution in [0.4, 0.5) is 0 Å². The van der Waals surface area contributed by atoms with Crippen molar-refractivity contribution in [2.45, 2.75) is 13.0 Å². The molecule has 1 heterocycles. The summed E-state index contributed by atoms with van der Waals surface area (Å²) in [6, 6.07) is 13.0. The fourth-order valence-corrected chi connectivity index (χ4v) is 3.42. The molecule has 3 aromatic rings. The number of aromatic nitrogens is 1. The Morgan fingerprint density at radius 3 is 2.54 bits per heavy atom. The molecule has 3 rings (SSSR count). The summed E-state index contributed by atoms with van der Waals surface area (Å²) in [7, 11) is 4.76. The molecule has 146 valence electrons. The first-order valence-corrected chi connectivity index (χ1v) is 9.46. The van der Waals surface area contributed by atoms with E-state index in [-0.39, 0.29) is 19.0 Å². The molecule has 0 aliphatic carbocycles. The van der Waals surface area contributed by atoms with E-state index in [2.05, 4.69) is 4.98 Å². The Kier molecular flexibility index (Phi) is 6.49. The van der Waals surface area contributed by atoms with Gasteiger partial charge in [0.25, 0.3) is 0 Å². The van der Waals surface area contributed by atoms with Crippen molar-refractivity contribution >= 4 is 17.3 Å². The van der Waals surface area contributed by atoms with E-state index in [0.717, 1.165) is 21.9 Å². The molecule has 0 fully saturated rings. The topological polar surface area (TPSA) is 66.9 Å². The number of carbonyl (C=O) groups excluding carboxylic acids is 1. The lowest BCUT2D eigenvalue weighted by molar-refractivity contribution is -0.144. The third-order valence-electron chi connectivity index (χ3n) is 4.08. The molecule has 0 N–H and O–H groups in total. The van der Waals surface area contributed by atoms with Crippen molar-refractivity contribution in [2.75, 3.05) is 21.3 Å². The van der Waals surface area contributed by atoms with Crippen LogP contribution < -0.4 is 14.2 Å². The van der Waals surface area contributed by atoms with Crippen LogP contribution in [0.15, 0.2) is 47.8 Å². The molecule has 6 nitrogen and oxygen atoms in total. The first kappa shape index (κ1) is 19.7. The van der Waals surface area contributed by atoms with Crippen LogP contribution in [0.5, 0.6) is 17.2 Å². The van der Waals surface area contributed by atoms with Gasteiger partial charge >= 0.3 is 5.97 Å². The van der Waals surface area contributed by atoms with Crippen molar-refractivity contribution < 1.29 is 23.7 Å². The van der Waals surface area contributed by atoms with Crippen molar-refractivity contribution in [3.63, 3.8) is 0 Å². The number of methoxy groups -OCH3 is 3. The number of thiazole rings is 1. The third-order valence-corrected chi connectivity index (χ3v) is 5.02. The lowest BCUT2D eigenvalue weighted by Crippen LogP contribution is -2.09. The lowest BCUT2D eigenvalue weighted by atomic mass is 10.1. The highest BCUT2D eigenvalue weighted by atomic mass is 32.1. The first-order valence-electron chi connectivity index (χ1n) is 8.58. The molecule has 0 radical (unpaired) electrons. The van der Waals surface area contributed by atoms with Gasteiger partial charge in [-0.15, -0.1) is 11.3 Å². The largest absolute Gasteiger partial charge is 0.497 e. The predicted octanol–water partition coefficient (Wildman–Crippen LogP) is 4.12. The van der Waals surface area contributed by atoms with Crippen LogP contribution in [0.3, 0.4) is 0 Å². The fraction of sp³-hybridized carbons (Fsp3) is 0.238. The predicted molar refractivity (Wildman–Crippen MR) is 107 cm³/mol. The lowest BCUT2D eigenvalue weighted by Gasteiger charge is -2.10. The van der Waals surface area contributed by atoms with Gasteiger partial charge in [0.1, 0.15) is 28.9 Å². The Bertz CT molecular complexity index is 953. The average molecular weight is 399 g/mol. The molecular formula is C21H21NO5S. The Hall–Kier alpha value is -3.06. The van der Waals surface area contributed by atoms with Gasteiger partial charge < -0.3 is 18.9 Å². The summed E-state index contributed by atoms with van der Waals surface area (Å²) in [5.41, 5.74) is 2.41. The maximum Gasteiger partial charge on any atom is 0.310 e. The summed E-state index contributed by atoms with van der Waals surface area (Å²) in [6.07, 6.45) is 0.111. The highest BCUT2D eigenvalue weighted by molar-refractivity contribution is 7.13. The molecular weight excluding hydrogens is 378 g/mol. The van der Waals surface area contributed by atoms with Crippen LogP contribution in [-0.2, 0) is 22.6 Å². The summed E-state index contributed by atoms with van der Waals surface area (Å²) in [5, 5.41) is 2.73. The smallest absolute Gasteiger partial charge is 0.310 e. The van der Waals surface area contributed by atoms with E-state index in [4.69, 9.17) is 18.9 Å². The van der Waals surface area contributed by atoms with Crippen molar-refractivity contribution in [1.29, 1.82) is 0 Å². The normalized spacial score (nSPS) is 10.4. The zero-order valence-electron chi connectivity index (χ0n) is 15.9. The van der Waals surface area contributed by atoms with Gasteiger partial charge in [-0.1, -0.05) is 18.2 Å². The number of hydrogen-bond acceptors (Lipinski definition) is 7. The Morgan fingerprint density at radius 2 is 1.79 bits per heavy atom. The molecule has 0 atom stereocenters. The molecule has 0 saturated carbocycles. The maximum absolute atomic E-state index is 12.2. The van der Waals surface area contributed by atoms with Gasteiger partial charge in [-0.05, 0) is 18.2 Å². The highest BCUT2D eigenvalue weighted by Crippen LogP contribution is 2.28. The molecule has 0 bridgehead atoms. The minimum Gasteiger partial charge on any atom is -0.497 e. The molecule has 2 aromatic carbocycles. The van der Waals surface area contributed by atoms with Gasteiger partial charge in [0.15, 0.2) is 0 Å². The highest BCUT2D eigenvalue weighted by Gasteiger charge is 2.13. The van der Waals surface area contributed by atoms with Crippen LogP contribution in [0.2, 0.25) is 0 Å². The molecule has 0 saturated heterocycles. The van der Waals surface area contributed by atoms with E-state index in [0.29, 0.717) is 17.2 Å². The van der Waals surface area contributed by atoms with E-state index in [1.54, 1.807) is 39.5 Å². The van der Waals surface area contributed by atoms with Gasteiger partial charge in [0.05, 0.1) is 33.4 Å². The second-order valence-electron chi connectivity index (χ2n) is 5.89. The second-order valence-corrected chi connectivity index (χ2v) is 6.75. The number of nitrogens with zero attached hydrogens (tertiary/aromatic N) is 1. The monoisotopic (exact) mass is 399 g/mol. The zero-order valence-corrected chi connectivity index (χ0v) is 16.7. The van der Waals surface area contributed by atoms with Crippen molar-refractivity contribution in [1.82, 2.24) is 4.98 Å². The SMILES string of the molecule is COc1cccc(-c2nc(COC(=O)Cc3ccc(OC)cc3OC)cs2)c1. The Morgan fingerprint density at radius 1 is 1.00 bits per heavy atom. The molecule has 0 aliphatic rings.